The SMILES string of the molecule is CCN(CC(=O)N(C)C)C(=O)c1cccc(C(=O)O)n1. The van der Waals surface area contributed by atoms with E-state index in [2.05, 4.69) is 4.98 Å². The molecule has 1 heterocycles. The largest absolute Gasteiger partial charge is 0.477 e. The maximum absolute atomic E-state index is 12.2. The molecule has 20 heavy (non-hydrogen) atoms. The van der Waals surface area contributed by atoms with E-state index in [1.54, 1.807) is 21.0 Å². The molecule has 0 aliphatic heterocycles. The molecular weight excluding hydrogens is 262 g/mol. The normalized spacial score (nSPS) is 9.95. The van der Waals surface area contributed by atoms with Crippen LogP contribution in [0, 0.1) is 0 Å². The Bertz CT molecular complexity index is 528. The summed E-state index contributed by atoms with van der Waals surface area (Å²) in [6.07, 6.45) is 0. The van der Waals surface area contributed by atoms with Gasteiger partial charge in [-0.3, -0.25) is 9.59 Å². The van der Waals surface area contributed by atoms with Crippen LogP contribution in [0.2, 0.25) is 0 Å². The van der Waals surface area contributed by atoms with Crippen LogP contribution in [0.3, 0.4) is 0 Å². The van der Waals surface area contributed by atoms with Crippen molar-refractivity contribution < 1.29 is 19.5 Å². The molecule has 1 N–H and O–H groups in total. The number of nitrogens with zero attached hydrogens (tertiary/aromatic N) is 3. The Kier molecular flexibility index (Phi) is 5.19. The minimum absolute atomic E-state index is 0.0123. The fourth-order valence-electron chi connectivity index (χ4n) is 1.47. The third-order valence-corrected chi connectivity index (χ3v) is 2.68. The highest BCUT2D eigenvalue weighted by atomic mass is 16.4. The number of carbonyl (C=O) groups is 3. The molecule has 108 valence electrons. The number of carboxylic acids is 1. The van der Waals surface area contributed by atoms with Gasteiger partial charge in [-0.2, -0.15) is 0 Å². The molecule has 0 radical (unpaired) electrons. The van der Waals surface area contributed by atoms with Gasteiger partial charge in [0.05, 0.1) is 0 Å². The molecule has 0 spiro atoms. The van der Waals surface area contributed by atoms with Crippen LogP contribution in [0.4, 0.5) is 0 Å². The van der Waals surface area contributed by atoms with Crippen molar-refractivity contribution in [1.29, 1.82) is 0 Å². The lowest BCUT2D eigenvalue weighted by Gasteiger charge is -2.21. The molecule has 7 nitrogen and oxygen atoms in total. The second kappa shape index (κ2) is 6.65. The number of hydrogen-bond donors (Lipinski definition) is 1. The van der Waals surface area contributed by atoms with Crippen LogP contribution in [0.5, 0.6) is 0 Å². The van der Waals surface area contributed by atoms with Crippen LogP contribution >= 0.6 is 0 Å². The number of likely N-dealkylation sites (N-methyl/N-ethyl adjacent to an activating group) is 2. The number of carboxylic acid groups (broad SMARTS) is 1. The minimum Gasteiger partial charge on any atom is -0.477 e. The molecule has 1 aromatic rings. The Balaban J connectivity index is 2.94. The van der Waals surface area contributed by atoms with Gasteiger partial charge in [-0.1, -0.05) is 6.07 Å². The molecule has 0 aliphatic carbocycles. The zero-order chi connectivity index (χ0) is 15.3. The predicted molar refractivity (Wildman–Crippen MR) is 71.5 cm³/mol. The van der Waals surface area contributed by atoms with Crippen molar-refractivity contribution in [3.8, 4) is 0 Å². The van der Waals surface area contributed by atoms with E-state index in [0.29, 0.717) is 6.54 Å². The number of hydrogen-bond acceptors (Lipinski definition) is 4. The van der Waals surface area contributed by atoms with Crippen molar-refractivity contribution in [3.63, 3.8) is 0 Å². The fourth-order valence-corrected chi connectivity index (χ4v) is 1.47. The molecule has 0 bridgehead atoms. The van der Waals surface area contributed by atoms with Gasteiger partial charge in [0.15, 0.2) is 0 Å². The third-order valence-electron chi connectivity index (χ3n) is 2.68. The lowest BCUT2D eigenvalue weighted by atomic mass is 10.2. The molecule has 0 atom stereocenters. The van der Waals surface area contributed by atoms with E-state index in [9.17, 15) is 14.4 Å². The highest BCUT2D eigenvalue weighted by Crippen LogP contribution is 2.05. The number of carbonyl (C=O) groups excluding carboxylic acids is 2. The predicted octanol–water partition coefficient (Wildman–Crippen LogP) is 0.330. The summed E-state index contributed by atoms with van der Waals surface area (Å²) in [6, 6.07) is 4.18. The summed E-state index contributed by atoms with van der Waals surface area (Å²) in [7, 11) is 3.20. The Hall–Kier alpha value is -2.44. The Morgan fingerprint density at radius 2 is 1.80 bits per heavy atom. The lowest BCUT2D eigenvalue weighted by molar-refractivity contribution is -0.129. The zero-order valence-corrected chi connectivity index (χ0v) is 11.7. The molecule has 1 aromatic heterocycles. The summed E-state index contributed by atoms with van der Waals surface area (Å²) in [5.41, 5.74) is -0.191. The maximum atomic E-state index is 12.2. The van der Waals surface area contributed by atoms with Crippen molar-refractivity contribution in [2.24, 2.45) is 0 Å². The first-order valence-corrected chi connectivity index (χ1v) is 6.06. The van der Waals surface area contributed by atoms with Crippen LogP contribution < -0.4 is 0 Å². The van der Waals surface area contributed by atoms with E-state index in [0.717, 1.165) is 0 Å². The monoisotopic (exact) mass is 279 g/mol. The molecule has 2 amide bonds. The van der Waals surface area contributed by atoms with Gasteiger partial charge in [0.1, 0.15) is 17.9 Å². The molecule has 0 fully saturated rings. The first-order chi connectivity index (χ1) is 9.36. The Labute approximate surface area is 116 Å². The topological polar surface area (TPSA) is 90.8 Å². The van der Waals surface area contributed by atoms with Crippen LogP contribution in [0.15, 0.2) is 18.2 Å². The molecule has 0 aromatic carbocycles. The van der Waals surface area contributed by atoms with Gasteiger partial charge in [0.2, 0.25) is 5.91 Å². The van der Waals surface area contributed by atoms with Crippen molar-refractivity contribution >= 4 is 17.8 Å². The van der Waals surface area contributed by atoms with Crippen molar-refractivity contribution in [2.45, 2.75) is 6.92 Å². The van der Waals surface area contributed by atoms with E-state index in [4.69, 9.17) is 5.11 Å². The molecule has 0 saturated heterocycles. The van der Waals surface area contributed by atoms with E-state index in [-0.39, 0.29) is 23.8 Å². The summed E-state index contributed by atoms with van der Waals surface area (Å²) < 4.78 is 0. The summed E-state index contributed by atoms with van der Waals surface area (Å²) in [5, 5.41) is 8.86. The molecule has 0 saturated carbocycles. The van der Waals surface area contributed by atoms with Gasteiger partial charge in [-0.15, -0.1) is 0 Å². The molecule has 7 heteroatoms. The number of pyridine rings is 1. The van der Waals surface area contributed by atoms with Gasteiger partial charge in [0, 0.05) is 20.6 Å². The van der Waals surface area contributed by atoms with Gasteiger partial charge in [-0.05, 0) is 19.1 Å². The van der Waals surface area contributed by atoms with E-state index < -0.39 is 11.9 Å². The molecule has 1 rings (SSSR count). The second-order valence-corrected chi connectivity index (χ2v) is 4.32. The van der Waals surface area contributed by atoms with Crippen molar-refractivity contribution in [3.05, 3.63) is 29.6 Å². The van der Waals surface area contributed by atoms with Crippen molar-refractivity contribution in [1.82, 2.24) is 14.8 Å². The quantitative estimate of drug-likeness (QED) is 0.838. The maximum Gasteiger partial charge on any atom is 0.354 e. The van der Waals surface area contributed by atoms with Gasteiger partial charge < -0.3 is 14.9 Å². The number of amides is 2. The van der Waals surface area contributed by atoms with Gasteiger partial charge >= 0.3 is 5.97 Å². The number of rotatable bonds is 5. The summed E-state index contributed by atoms with van der Waals surface area (Å²) in [6.45, 7) is 2.00. The van der Waals surface area contributed by atoms with Crippen LogP contribution in [-0.2, 0) is 4.79 Å². The van der Waals surface area contributed by atoms with Crippen LogP contribution in [0.25, 0.3) is 0 Å². The van der Waals surface area contributed by atoms with Crippen LogP contribution in [0.1, 0.15) is 27.9 Å². The zero-order valence-electron chi connectivity index (χ0n) is 11.7. The highest BCUT2D eigenvalue weighted by Gasteiger charge is 2.20. The molecule has 0 unspecified atom stereocenters. The standard InChI is InChI=1S/C13H17N3O4/c1-4-16(8-11(17)15(2)3)12(18)9-6-5-7-10(14-9)13(19)20/h5-7H,4,8H2,1-3H3,(H,19,20). The molecule has 0 aliphatic rings. The lowest BCUT2D eigenvalue weighted by Crippen LogP contribution is -2.40. The van der Waals surface area contributed by atoms with E-state index in [1.807, 2.05) is 0 Å². The van der Waals surface area contributed by atoms with E-state index >= 15 is 0 Å². The summed E-state index contributed by atoms with van der Waals surface area (Å²) in [5.74, 6) is -1.88. The first-order valence-electron chi connectivity index (χ1n) is 6.06. The number of aromatic nitrogens is 1. The Morgan fingerprint density at radius 3 is 2.30 bits per heavy atom. The van der Waals surface area contributed by atoms with E-state index in [1.165, 1.54) is 28.0 Å². The summed E-state index contributed by atoms with van der Waals surface area (Å²) >= 11 is 0. The number of aromatic carboxylic acids is 1. The summed E-state index contributed by atoms with van der Waals surface area (Å²) in [4.78, 5) is 41.2. The average molecular weight is 279 g/mol. The van der Waals surface area contributed by atoms with Gasteiger partial charge in [0.25, 0.3) is 5.91 Å². The van der Waals surface area contributed by atoms with Gasteiger partial charge in [-0.25, -0.2) is 9.78 Å². The van der Waals surface area contributed by atoms with Crippen LogP contribution in [-0.4, -0.2) is 64.9 Å². The molecular formula is C13H17N3O4. The average Bonchev–Trinajstić information content (AvgIpc) is 2.43. The Morgan fingerprint density at radius 1 is 1.20 bits per heavy atom. The smallest absolute Gasteiger partial charge is 0.354 e. The first kappa shape index (κ1) is 15.6. The second-order valence-electron chi connectivity index (χ2n) is 4.32. The third kappa shape index (κ3) is 3.78. The highest BCUT2D eigenvalue weighted by molar-refractivity contribution is 5.96. The fraction of sp³-hybridized carbons (Fsp3) is 0.385. The van der Waals surface area contributed by atoms with Crippen molar-refractivity contribution in [2.75, 3.05) is 27.2 Å². The minimum atomic E-state index is -1.20.